The molecule has 4 rings (SSSR count). The SMILES string of the molecule is CN=C(NCCc1c[nH]c2ccc(F)cc12)NCC1CCN(c2ccccc2)C1.I. The number of H-pyrrole nitrogens is 1. The fraction of sp³-hybridized carbons (Fsp3) is 0.348. The fourth-order valence-corrected chi connectivity index (χ4v) is 4.01. The maximum Gasteiger partial charge on any atom is 0.190 e. The molecule has 0 bridgehead atoms. The zero-order valence-corrected chi connectivity index (χ0v) is 19.5. The largest absolute Gasteiger partial charge is 0.371 e. The number of aromatic nitrogens is 1. The number of hydrogen-bond donors (Lipinski definition) is 3. The molecule has 1 unspecified atom stereocenters. The smallest absolute Gasteiger partial charge is 0.190 e. The minimum atomic E-state index is -0.204. The Bertz CT molecular complexity index is 972. The Kier molecular flexibility index (Phi) is 7.95. The number of nitrogens with zero attached hydrogens (tertiary/aromatic N) is 2. The normalized spacial score (nSPS) is 16.5. The molecule has 1 saturated heterocycles. The van der Waals surface area contributed by atoms with Crippen molar-refractivity contribution in [1.29, 1.82) is 0 Å². The van der Waals surface area contributed by atoms with Gasteiger partial charge in [-0.1, -0.05) is 18.2 Å². The Morgan fingerprint density at radius 3 is 2.83 bits per heavy atom. The van der Waals surface area contributed by atoms with Gasteiger partial charge in [0.1, 0.15) is 5.82 Å². The van der Waals surface area contributed by atoms with Gasteiger partial charge in [0, 0.05) is 56.0 Å². The van der Waals surface area contributed by atoms with Crippen molar-refractivity contribution in [2.75, 3.05) is 38.1 Å². The summed E-state index contributed by atoms with van der Waals surface area (Å²) in [6, 6.07) is 15.4. The van der Waals surface area contributed by atoms with E-state index in [0.717, 1.165) is 55.0 Å². The van der Waals surface area contributed by atoms with Crippen molar-refractivity contribution < 1.29 is 4.39 Å². The molecular formula is C23H29FIN5. The molecule has 3 N–H and O–H groups in total. The first-order chi connectivity index (χ1) is 14.2. The van der Waals surface area contributed by atoms with Gasteiger partial charge < -0.3 is 20.5 Å². The molecule has 2 aromatic carbocycles. The van der Waals surface area contributed by atoms with Crippen molar-refractivity contribution in [2.24, 2.45) is 10.9 Å². The van der Waals surface area contributed by atoms with E-state index in [1.165, 1.54) is 18.2 Å². The van der Waals surface area contributed by atoms with Gasteiger partial charge in [-0.3, -0.25) is 4.99 Å². The zero-order chi connectivity index (χ0) is 20.1. The average molecular weight is 521 g/mol. The highest BCUT2D eigenvalue weighted by atomic mass is 127. The summed E-state index contributed by atoms with van der Waals surface area (Å²) in [5.74, 6) is 1.21. The van der Waals surface area contributed by atoms with Crippen molar-refractivity contribution >= 4 is 46.5 Å². The van der Waals surface area contributed by atoms with Crippen molar-refractivity contribution in [3.8, 4) is 0 Å². The van der Waals surface area contributed by atoms with Crippen LogP contribution in [-0.4, -0.2) is 44.2 Å². The van der Waals surface area contributed by atoms with Crippen LogP contribution >= 0.6 is 24.0 Å². The Morgan fingerprint density at radius 1 is 1.20 bits per heavy atom. The molecule has 1 atom stereocenters. The van der Waals surface area contributed by atoms with Gasteiger partial charge in [0.05, 0.1) is 0 Å². The summed E-state index contributed by atoms with van der Waals surface area (Å²) < 4.78 is 13.5. The van der Waals surface area contributed by atoms with Crippen LogP contribution in [0.4, 0.5) is 10.1 Å². The van der Waals surface area contributed by atoms with Crippen LogP contribution in [0, 0.1) is 11.7 Å². The third-order valence-corrected chi connectivity index (χ3v) is 5.61. The first-order valence-electron chi connectivity index (χ1n) is 10.2. The van der Waals surface area contributed by atoms with Crippen LogP contribution in [0.15, 0.2) is 59.7 Å². The van der Waals surface area contributed by atoms with Gasteiger partial charge in [-0.2, -0.15) is 0 Å². The number of anilines is 1. The predicted molar refractivity (Wildman–Crippen MR) is 134 cm³/mol. The molecule has 7 heteroatoms. The second-order valence-corrected chi connectivity index (χ2v) is 7.57. The van der Waals surface area contributed by atoms with E-state index in [9.17, 15) is 4.39 Å². The van der Waals surface area contributed by atoms with E-state index in [-0.39, 0.29) is 29.8 Å². The number of aliphatic imine (C=N–C) groups is 1. The second-order valence-electron chi connectivity index (χ2n) is 7.57. The fourth-order valence-electron chi connectivity index (χ4n) is 4.01. The van der Waals surface area contributed by atoms with Gasteiger partial charge >= 0.3 is 0 Å². The third kappa shape index (κ3) is 5.44. The van der Waals surface area contributed by atoms with Crippen molar-refractivity contribution in [3.05, 3.63) is 66.1 Å². The van der Waals surface area contributed by atoms with Crippen LogP contribution in [0.1, 0.15) is 12.0 Å². The highest BCUT2D eigenvalue weighted by Gasteiger charge is 2.22. The molecule has 5 nitrogen and oxygen atoms in total. The molecule has 160 valence electrons. The molecule has 3 aromatic rings. The minimum Gasteiger partial charge on any atom is -0.371 e. The van der Waals surface area contributed by atoms with Gasteiger partial charge in [0.15, 0.2) is 5.96 Å². The van der Waals surface area contributed by atoms with Gasteiger partial charge in [0.2, 0.25) is 0 Å². The van der Waals surface area contributed by atoms with E-state index in [0.29, 0.717) is 5.92 Å². The number of nitrogens with one attached hydrogen (secondary N) is 3. The van der Waals surface area contributed by atoms with E-state index in [4.69, 9.17) is 0 Å². The molecule has 0 saturated carbocycles. The van der Waals surface area contributed by atoms with Gasteiger partial charge in [-0.25, -0.2) is 4.39 Å². The van der Waals surface area contributed by atoms with Crippen LogP contribution in [0.25, 0.3) is 10.9 Å². The summed E-state index contributed by atoms with van der Waals surface area (Å²) in [6.07, 6.45) is 3.94. The predicted octanol–water partition coefficient (Wildman–Crippen LogP) is 4.16. The summed E-state index contributed by atoms with van der Waals surface area (Å²) >= 11 is 0. The number of para-hydroxylation sites is 1. The van der Waals surface area contributed by atoms with Crippen molar-refractivity contribution in [3.63, 3.8) is 0 Å². The maximum absolute atomic E-state index is 13.5. The maximum atomic E-state index is 13.5. The average Bonchev–Trinajstić information content (AvgIpc) is 3.38. The Balaban J connectivity index is 0.00000256. The number of aromatic amines is 1. The van der Waals surface area contributed by atoms with Gasteiger partial charge in [0.25, 0.3) is 0 Å². The number of benzene rings is 2. The number of fused-ring (bicyclic) bond motifs is 1. The Morgan fingerprint density at radius 2 is 2.03 bits per heavy atom. The lowest BCUT2D eigenvalue weighted by molar-refractivity contribution is 0.566. The zero-order valence-electron chi connectivity index (χ0n) is 17.2. The second kappa shape index (κ2) is 10.7. The van der Waals surface area contributed by atoms with E-state index < -0.39 is 0 Å². The minimum absolute atomic E-state index is 0. The Hall–Kier alpha value is -2.29. The molecule has 0 amide bonds. The van der Waals surface area contributed by atoms with Crippen LogP contribution in [-0.2, 0) is 6.42 Å². The van der Waals surface area contributed by atoms with Crippen LogP contribution in [0.3, 0.4) is 0 Å². The van der Waals surface area contributed by atoms with Crippen molar-refractivity contribution in [1.82, 2.24) is 15.6 Å². The van der Waals surface area contributed by atoms with E-state index in [2.05, 4.69) is 55.8 Å². The molecule has 1 aliphatic rings. The number of halogens is 2. The van der Waals surface area contributed by atoms with Gasteiger partial charge in [-0.05, 0) is 54.7 Å². The molecule has 1 aliphatic heterocycles. The lowest BCUT2D eigenvalue weighted by atomic mass is 10.1. The van der Waals surface area contributed by atoms with E-state index in [1.54, 1.807) is 19.2 Å². The lowest BCUT2D eigenvalue weighted by Gasteiger charge is -2.19. The molecule has 0 aliphatic carbocycles. The highest BCUT2D eigenvalue weighted by molar-refractivity contribution is 14.0. The van der Waals surface area contributed by atoms with Crippen molar-refractivity contribution in [2.45, 2.75) is 12.8 Å². The molecule has 1 fully saturated rings. The summed E-state index contributed by atoms with van der Waals surface area (Å²) in [5, 5.41) is 7.77. The number of guanidine groups is 1. The van der Waals surface area contributed by atoms with Crippen LogP contribution in [0.2, 0.25) is 0 Å². The molecule has 30 heavy (non-hydrogen) atoms. The topological polar surface area (TPSA) is 55.5 Å². The highest BCUT2D eigenvalue weighted by Crippen LogP contribution is 2.23. The molecule has 0 radical (unpaired) electrons. The summed E-state index contributed by atoms with van der Waals surface area (Å²) in [7, 11) is 1.79. The van der Waals surface area contributed by atoms with Gasteiger partial charge in [-0.15, -0.1) is 24.0 Å². The van der Waals surface area contributed by atoms with Crippen LogP contribution < -0.4 is 15.5 Å². The lowest BCUT2D eigenvalue weighted by Crippen LogP contribution is -2.41. The molecule has 0 spiro atoms. The molecule has 2 heterocycles. The molecule has 1 aromatic heterocycles. The molecular weight excluding hydrogens is 492 g/mol. The summed E-state index contributed by atoms with van der Waals surface area (Å²) in [6.45, 7) is 3.81. The summed E-state index contributed by atoms with van der Waals surface area (Å²) in [5.41, 5.74) is 3.37. The quantitative estimate of drug-likeness (QED) is 0.260. The standard InChI is InChI=1S/C23H28FN5.HI/c1-25-23(26-11-9-18-15-27-22-8-7-19(24)13-21(18)22)28-14-17-10-12-29(16-17)20-5-3-2-4-6-20;/h2-8,13,15,17,27H,9-12,14,16H2,1H3,(H2,25,26,28);1H. The third-order valence-electron chi connectivity index (χ3n) is 5.61. The van der Waals surface area contributed by atoms with E-state index >= 15 is 0 Å². The number of rotatable bonds is 6. The first-order valence-corrected chi connectivity index (χ1v) is 10.2. The summed E-state index contributed by atoms with van der Waals surface area (Å²) in [4.78, 5) is 9.98. The van der Waals surface area contributed by atoms with Crippen LogP contribution in [0.5, 0.6) is 0 Å². The number of hydrogen-bond acceptors (Lipinski definition) is 2. The monoisotopic (exact) mass is 521 g/mol. The Labute approximate surface area is 194 Å². The van der Waals surface area contributed by atoms with E-state index in [1.807, 2.05) is 6.20 Å². The first kappa shape index (κ1) is 22.4.